The molecule has 1 fully saturated rings. The summed E-state index contributed by atoms with van der Waals surface area (Å²) in [7, 11) is 0. The van der Waals surface area contributed by atoms with Crippen LogP contribution in [0.25, 0.3) is 0 Å². The summed E-state index contributed by atoms with van der Waals surface area (Å²) in [5, 5.41) is 3.54. The number of fused-ring (bicyclic) bond motifs is 1. The SMILES string of the molecule is N[C@@H]1CC[C@@H](Nc2ncnc3c2CCC3)C1. The van der Waals surface area contributed by atoms with Crippen LogP contribution in [0, 0.1) is 0 Å². The van der Waals surface area contributed by atoms with Gasteiger partial charge in [0.25, 0.3) is 0 Å². The third kappa shape index (κ3) is 1.78. The smallest absolute Gasteiger partial charge is 0.133 e. The molecule has 1 aromatic rings. The molecule has 2 aliphatic carbocycles. The summed E-state index contributed by atoms with van der Waals surface area (Å²) < 4.78 is 0. The molecule has 3 N–H and O–H groups in total. The van der Waals surface area contributed by atoms with Gasteiger partial charge >= 0.3 is 0 Å². The lowest BCUT2D eigenvalue weighted by Crippen LogP contribution is -2.22. The Kier molecular flexibility index (Phi) is 2.52. The average molecular weight is 218 g/mol. The summed E-state index contributed by atoms with van der Waals surface area (Å²) in [5.41, 5.74) is 8.49. The number of rotatable bonds is 2. The van der Waals surface area contributed by atoms with Gasteiger partial charge in [-0.25, -0.2) is 9.97 Å². The molecule has 0 spiro atoms. The summed E-state index contributed by atoms with van der Waals surface area (Å²) in [6.07, 6.45) is 8.49. The first-order valence-electron chi connectivity index (χ1n) is 6.18. The van der Waals surface area contributed by atoms with Crippen LogP contribution in [0.1, 0.15) is 36.9 Å². The predicted molar refractivity (Wildman–Crippen MR) is 63.3 cm³/mol. The lowest BCUT2D eigenvalue weighted by Gasteiger charge is -2.15. The molecule has 2 aliphatic rings. The minimum atomic E-state index is 0.368. The molecule has 2 atom stereocenters. The summed E-state index contributed by atoms with van der Waals surface area (Å²) >= 11 is 0. The fourth-order valence-electron chi connectivity index (χ4n) is 2.82. The van der Waals surface area contributed by atoms with E-state index in [2.05, 4.69) is 15.3 Å². The zero-order valence-corrected chi connectivity index (χ0v) is 9.45. The maximum Gasteiger partial charge on any atom is 0.133 e. The van der Waals surface area contributed by atoms with Gasteiger partial charge in [0.1, 0.15) is 12.1 Å². The highest BCUT2D eigenvalue weighted by molar-refractivity contribution is 5.48. The van der Waals surface area contributed by atoms with E-state index in [0.717, 1.165) is 31.5 Å². The standard InChI is InChI=1S/C12H18N4/c13-8-4-5-9(6-8)16-12-10-2-1-3-11(10)14-7-15-12/h7-9H,1-6,13H2,(H,14,15,16)/t8-,9-/m1/s1. The Labute approximate surface area is 95.7 Å². The molecule has 0 saturated heterocycles. The Hall–Kier alpha value is -1.16. The lowest BCUT2D eigenvalue weighted by molar-refractivity contribution is 0.686. The van der Waals surface area contributed by atoms with Crippen LogP contribution in [0.15, 0.2) is 6.33 Å². The van der Waals surface area contributed by atoms with Gasteiger partial charge in [-0.2, -0.15) is 0 Å². The highest BCUT2D eigenvalue weighted by atomic mass is 15.0. The first-order chi connectivity index (χ1) is 7.83. The van der Waals surface area contributed by atoms with Crippen LogP contribution < -0.4 is 11.1 Å². The van der Waals surface area contributed by atoms with Crippen LogP contribution in [-0.2, 0) is 12.8 Å². The normalized spacial score (nSPS) is 28.1. The molecule has 1 aromatic heterocycles. The van der Waals surface area contributed by atoms with E-state index in [1.165, 1.54) is 24.1 Å². The van der Waals surface area contributed by atoms with Crippen molar-refractivity contribution in [3.63, 3.8) is 0 Å². The number of nitrogens with two attached hydrogens (primary N) is 1. The van der Waals surface area contributed by atoms with Crippen molar-refractivity contribution in [1.82, 2.24) is 9.97 Å². The summed E-state index contributed by atoms with van der Waals surface area (Å²) in [5.74, 6) is 1.06. The number of anilines is 1. The van der Waals surface area contributed by atoms with Crippen molar-refractivity contribution in [2.75, 3.05) is 5.32 Å². The van der Waals surface area contributed by atoms with Gasteiger partial charge in [-0.15, -0.1) is 0 Å². The minimum Gasteiger partial charge on any atom is -0.367 e. The molecule has 4 heteroatoms. The second kappa shape index (κ2) is 4.01. The van der Waals surface area contributed by atoms with E-state index in [4.69, 9.17) is 5.73 Å². The minimum absolute atomic E-state index is 0.368. The molecular weight excluding hydrogens is 200 g/mol. The maximum absolute atomic E-state index is 5.92. The summed E-state index contributed by atoms with van der Waals surface area (Å²) in [6.45, 7) is 0. The first-order valence-corrected chi connectivity index (χ1v) is 6.18. The summed E-state index contributed by atoms with van der Waals surface area (Å²) in [4.78, 5) is 8.71. The summed E-state index contributed by atoms with van der Waals surface area (Å²) in [6, 6.07) is 0.877. The van der Waals surface area contributed by atoms with Crippen molar-refractivity contribution < 1.29 is 0 Å². The Morgan fingerprint density at radius 2 is 2.19 bits per heavy atom. The fraction of sp³-hybridized carbons (Fsp3) is 0.667. The van der Waals surface area contributed by atoms with Gasteiger partial charge in [-0.1, -0.05) is 0 Å². The number of aromatic nitrogens is 2. The van der Waals surface area contributed by atoms with Gasteiger partial charge in [-0.05, 0) is 38.5 Å². The van der Waals surface area contributed by atoms with E-state index in [1.54, 1.807) is 6.33 Å². The topological polar surface area (TPSA) is 63.8 Å². The van der Waals surface area contributed by atoms with Crippen LogP contribution >= 0.6 is 0 Å². The van der Waals surface area contributed by atoms with Crippen LogP contribution in [0.4, 0.5) is 5.82 Å². The molecule has 0 unspecified atom stereocenters. The quantitative estimate of drug-likeness (QED) is 0.784. The molecule has 16 heavy (non-hydrogen) atoms. The molecule has 0 bridgehead atoms. The molecule has 0 amide bonds. The fourth-order valence-corrected chi connectivity index (χ4v) is 2.82. The van der Waals surface area contributed by atoms with Crippen LogP contribution in [0.3, 0.4) is 0 Å². The van der Waals surface area contributed by atoms with E-state index >= 15 is 0 Å². The highest BCUT2D eigenvalue weighted by Crippen LogP contribution is 2.28. The molecule has 1 heterocycles. The van der Waals surface area contributed by atoms with Gasteiger partial charge < -0.3 is 11.1 Å². The van der Waals surface area contributed by atoms with E-state index in [-0.39, 0.29) is 0 Å². The van der Waals surface area contributed by atoms with Crippen molar-refractivity contribution in [3.8, 4) is 0 Å². The second-order valence-electron chi connectivity index (χ2n) is 4.92. The maximum atomic E-state index is 5.92. The zero-order chi connectivity index (χ0) is 11.0. The molecule has 1 saturated carbocycles. The van der Waals surface area contributed by atoms with E-state index < -0.39 is 0 Å². The van der Waals surface area contributed by atoms with Gasteiger partial charge in [0.2, 0.25) is 0 Å². The lowest BCUT2D eigenvalue weighted by atomic mass is 10.2. The highest BCUT2D eigenvalue weighted by Gasteiger charge is 2.24. The number of hydrogen-bond donors (Lipinski definition) is 2. The molecule has 0 aliphatic heterocycles. The van der Waals surface area contributed by atoms with Crippen molar-refractivity contribution in [2.24, 2.45) is 5.73 Å². The monoisotopic (exact) mass is 218 g/mol. The first kappa shape index (κ1) is 10.0. The molecule has 0 aromatic carbocycles. The molecule has 86 valence electrons. The molecule has 4 nitrogen and oxygen atoms in total. The largest absolute Gasteiger partial charge is 0.367 e. The number of hydrogen-bond acceptors (Lipinski definition) is 4. The molecule has 0 radical (unpaired) electrons. The second-order valence-corrected chi connectivity index (χ2v) is 4.92. The van der Waals surface area contributed by atoms with Crippen molar-refractivity contribution in [3.05, 3.63) is 17.6 Å². The van der Waals surface area contributed by atoms with Crippen molar-refractivity contribution in [1.29, 1.82) is 0 Å². The number of nitrogens with zero attached hydrogens (tertiary/aromatic N) is 2. The molecule has 3 rings (SSSR count). The van der Waals surface area contributed by atoms with E-state index in [9.17, 15) is 0 Å². The number of nitrogens with one attached hydrogen (secondary N) is 1. The van der Waals surface area contributed by atoms with Crippen molar-refractivity contribution >= 4 is 5.82 Å². The Morgan fingerprint density at radius 1 is 1.25 bits per heavy atom. The van der Waals surface area contributed by atoms with Gasteiger partial charge in [-0.3, -0.25) is 0 Å². The van der Waals surface area contributed by atoms with Gasteiger partial charge in [0, 0.05) is 23.3 Å². The van der Waals surface area contributed by atoms with Crippen LogP contribution in [0.2, 0.25) is 0 Å². The Balaban J connectivity index is 1.77. The molecular formula is C12H18N4. The van der Waals surface area contributed by atoms with Gasteiger partial charge in [0.05, 0.1) is 0 Å². The predicted octanol–water partition coefficient (Wildman–Crippen LogP) is 1.26. The Bertz CT molecular complexity index is 391. The van der Waals surface area contributed by atoms with E-state index in [1.807, 2.05) is 0 Å². The third-order valence-electron chi connectivity index (χ3n) is 3.69. The average Bonchev–Trinajstić information content (AvgIpc) is 2.87. The third-order valence-corrected chi connectivity index (χ3v) is 3.69. The zero-order valence-electron chi connectivity index (χ0n) is 9.45. The van der Waals surface area contributed by atoms with Crippen molar-refractivity contribution in [2.45, 2.75) is 50.6 Å². The Morgan fingerprint density at radius 3 is 3.00 bits per heavy atom. The van der Waals surface area contributed by atoms with E-state index in [0.29, 0.717) is 12.1 Å². The number of aryl methyl sites for hydroxylation is 1. The van der Waals surface area contributed by atoms with Crippen LogP contribution in [0.5, 0.6) is 0 Å². The van der Waals surface area contributed by atoms with Gasteiger partial charge in [0.15, 0.2) is 0 Å². The van der Waals surface area contributed by atoms with Crippen LogP contribution in [-0.4, -0.2) is 22.1 Å².